The summed E-state index contributed by atoms with van der Waals surface area (Å²) in [7, 11) is 0. The summed E-state index contributed by atoms with van der Waals surface area (Å²) in [6.45, 7) is 5.52. The van der Waals surface area contributed by atoms with Gasteiger partial charge in [-0.3, -0.25) is 0 Å². The highest BCUT2D eigenvalue weighted by Crippen LogP contribution is 2.23. The van der Waals surface area contributed by atoms with E-state index in [9.17, 15) is 9.50 Å². The number of rotatable bonds is 8. The van der Waals surface area contributed by atoms with Gasteiger partial charge in [0, 0.05) is 23.7 Å². The maximum Gasteiger partial charge on any atom is 0.191 e. The van der Waals surface area contributed by atoms with Crippen LogP contribution in [0.5, 0.6) is 0 Å². The molecule has 0 saturated carbocycles. The zero-order valence-electron chi connectivity index (χ0n) is 14.9. The highest BCUT2D eigenvalue weighted by atomic mass is 127. The molecule has 0 aliphatic carbocycles. The average molecular weight is 509 g/mol. The number of guanidine groups is 1. The second-order valence-electron chi connectivity index (χ2n) is 5.71. The number of nitrogens with one attached hydrogen (secondary N) is 2. The maximum atomic E-state index is 12.9. The Morgan fingerprint density at radius 3 is 2.62 bits per heavy atom. The SMILES string of the molecule is CCNC(=NCC(C)(O)c1ccsc1)NCCSc1ccc(F)cc1.I. The van der Waals surface area contributed by atoms with Crippen molar-refractivity contribution in [2.75, 3.05) is 25.4 Å². The molecule has 2 aromatic rings. The summed E-state index contributed by atoms with van der Waals surface area (Å²) in [6, 6.07) is 8.40. The number of hydrogen-bond acceptors (Lipinski definition) is 4. The first-order valence-corrected chi connectivity index (χ1v) is 10.1. The number of nitrogens with zero attached hydrogens (tertiary/aromatic N) is 1. The fraction of sp³-hybridized carbons (Fsp3) is 0.389. The lowest BCUT2D eigenvalue weighted by Gasteiger charge is -2.21. The fourth-order valence-corrected chi connectivity index (χ4v) is 3.66. The molecule has 0 aliphatic heterocycles. The van der Waals surface area contributed by atoms with Crippen molar-refractivity contribution in [1.29, 1.82) is 0 Å². The van der Waals surface area contributed by atoms with E-state index in [0.29, 0.717) is 12.5 Å². The number of aliphatic hydroxyl groups is 1. The third-order valence-corrected chi connectivity index (χ3v) is 5.21. The van der Waals surface area contributed by atoms with Crippen LogP contribution < -0.4 is 10.6 Å². The van der Waals surface area contributed by atoms with Crippen LogP contribution in [0.15, 0.2) is 51.0 Å². The van der Waals surface area contributed by atoms with E-state index < -0.39 is 5.60 Å². The highest BCUT2D eigenvalue weighted by Gasteiger charge is 2.23. The molecule has 3 N–H and O–H groups in total. The molecule has 0 fully saturated rings. The summed E-state index contributed by atoms with van der Waals surface area (Å²) >= 11 is 3.21. The standard InChI is InChI=1S/C18H24FN3OS2.HI/c1-3-20-17(22-13-18(2,23)14-8-10-24-12-14)21-9-11-25-16-6-4-15(19)5-7-16;/h4-8,10,12,23H,3,9,11,13H2,1-2H3,(H2,20,21,22);1H. The number of halogens is 2. The Morgan fingerprint density at radius 1 is 1.27 bits per heavy atom. The molecule has 26 heavy (non-hydrogen) atoms. The largest absolute Gasteiger partial charge is 0.383 e. The minimum atomic E-state index is -0.981. The van der Waals surface area contributed by atoms with Crippen molar-refractivity contribution in [3.63, 3.8) is 0 Å². The first-order valence-electron chi connectivity index (χ1n) is 8.17. The summed E-state index contributed by atoms with van der Waals surface area (Å²) in [4.78, 5) is 5.52. The predicted octanol–water partition coefficient (Wildman–Crippen LogP) is 4.06. The molecule has 1 unspecified atom stereocenters. The first kappa shape index (κ1) is 23.2. The molecular weight excluding hydrogens is 484 g/mol. The molecule has 4 nitrogen and oxygen atoms in total. The van der Waals surface area contributed by atoms with Gasteiger partial charge in [0.05, 0.1) is 6.54 Å². The number of thioether (sulfide) groups is 1. The summed E-state index contributed by atoms with van der Waals surface area (Å²) in [5, 5.41) is 20.9. The van der Waals surface area contributed by atoms with Crippen molar-refractivity contribution in [2.24, 2.45) is 4.99 Å². The minimum absolute atomic E-state index is 0. The molecule has 2 rings (SSSR count). The Bertz CT molecular complexity index is 664. The van der Waals surface area contributed by atoms with Gasteiger partial charge >= 0.3 is 0 Å². The summed E-state index contributed by atoms with van der Waals surface area (Å²) < 4.78 is 12.9. The number of hydrogen-bond donors (Lipinski definition) is 3. The lowest BCUT2D eigenvalue weighted by Crippen LogP contribution is -2.39. The van der Waals surface area contributed by atoms with Gasteiger partial charge < -0.3 is 15.7 Å². The molecule has 0 bridgehead atoms. The monoisotopic (exact) mass is 509 g/mol. The van der Waals surface area contributed by atoms with Gasteiger partial charge in [0.2, 0.25) is 0 Å². The average Bonchev–Trinajstić information content (AvgIpc) is 3.13. The van der Waals surface area contributed by atoms with E-state index in [4.69, 9.17) is 0 Å². The molecule has 144 valence electrons. The second kappa shape index (κ2) is 11.8. The Kier molecular flexibility index (Phi) is 10.5. The van der Waals surface area contributed by atoms with Crippen molar-refractivity contribution < 1.29 is 9.50 Å². The van der Waals surface area contributed by atoms with Gasteiger partial charge in [-0.05, 0) is 60.5 Å². The molecular formula is C18H25FIN3OS2. The van der Waals surface area contributed by atoms with Gasteiger partial charge in [-0.15, -0.1) is 35.7 Å². The van der Waals surface area contributed by atoms with E-state index in [0.717, 1.165) is 22.8 Å². The van der Waals surface area contributed by atoms with Gasteiger partial charge in [-0.2, -0.15) is 11.3 Å². The maximum absolute atomic E-state index is 12.9. The van der Waals surface area contributed by atoms with Gasteiger partial charge in [0.15, 0.2) is 5.96 Å². The Balaban J connectivity index is 0.00000338. The fourth-order valence-electron chi connectivity index (χ4n) is 2.11. The van der Waals surface area contributed by atoms with Crippen LogP contribution >= 0.6 is 47.1 Å². The summed E-state index contributed by atoms with van der Waals surface area (Å²) in [5.74, 6) is 1.29. The van der Waals surface area contributed by atoms with E-state index in [2.05, 4.69) is 15.6 Å². The molecule has 0 spiro atoms. The molecule has 0 radical (unpaired) electrons. The Hall–Kier alpha value is -0.840. The molecule has 1 atom stereocenters. The molecule has 0 aliphatic rings. The third kappa shape index (κ3) is 7.81. The van der Waals surface area contributed by atoms with Crippen molar-refractivity contribution in [1.82, 2.24) is 10.6 Å². The zero-order valence-corrected chi connectivity index (χ0v) is 18.8. The quantitative estimate of drug-likeness (QED) is 0.165. The second-order valence-corrected chi connectivity index (χ2v) is 7.66. The predicted molar refractivity (Wildman–Crippen MR) is 120 cm³/mol. The van der Waals surface area contributed by atoms with Crippen molar-refractivity contribution in [3.8, 4) is 0 Å². The Morgan fingerprint density at radius 2 is 2.00 bits per heavy atom. The van der Waals surface area contributed by atoms with Gasteiger partial charge in [0.25, 0.3) is 0 Å². The number of aliphatic imine (C=N–C) groups is 1. The number of benzene rings is 1. The van der Waals surface area contributed by atoms with Crippen LogP contribution in [0.25, 0.3) is 0 Å². The molecule has 8 heteroatoms. The van der Waals surface area contributed by atoms with Crippen molar-refractivity contribution >= 4 is 53.0 Å². The highest BCUT2D eigenvalue weighted by molar-refractivity contribution is 14.0. The third-order valence-electron chi connectivity index (χ3n) is 3.51. The van der Waals surface area contributed by atoms with E-state index in [1.807, 2.05) is 23.8 Å². The Labute approximate surface area is 179 Å². The molecule has 1 heterocycles. The van der Waals surface area contributed by atoms with Gasteiger partial charge in [-0.1, -0.05) is 0 Å². The van der Waals surface area contributed by atoms with E-state index in [1.165, 1.54) is 12.1 Å². The van der Waals surface area contributed by atoms with Gasteiger partial charge in [-0.25, -0.2) is 9.38 Å². The van der Waals surface area contributed by atoms with Crippen LogP contribution in [0, 0.1) is 5.82 Å². The molecule has 0 saturated heterocycles. The molecule has 1 aromatic carbocycles. The zero-order chi connectivity index (χ0) is 18.1. The van der Waals surface area contributed by atoms with Crippen LogP contribution in [0.1, 0.15) is 19.4 Å². The minimum Gasteiger partial charge on any atom is -0.383 e. The first-order chi connectivity index (χ1) is 12.0. The van der Waals surface area contributed by atoms with E-state index in [-0.39, 0.29) is 36.3 Å². The van der Waals surface area contributed by atoms with Crippen LogP contribution in [-0.4, -0.2) is 36.5 Å². The lowest BCUT2D eigenvalue weighted by atomic mass is 10.00. The topological polar surface area (TPSA) is 56.7 Å². The van der Waals surface area contributed by atoms with Crippen LogP contribution in [0.2, 0.25) is 0 Å². The van der Waals surface area contributed by atoms with Crippen LogP contribution in [-0.2, 0) is 5.60 Å². The summed E-state index contributed by atoms with van der Waals surface area (Å²) in [6.07, 6.45) is 0. The molecule has 0 amide bonds. The van der Waals surface area contributed by atoms with Crippen LogP contribution in [0.3, 0.4) is 0 Å². The summed E-state index contributed by atoms with van der Waals surface area (Å²) in [5.41, 5.74) is -0.102. The molecule has 1 aromatic heterocycles. The van der Waals surface area contributed by atoms with Gasteiger partial charge in [0.1, 0.15) is 11.4 Å². The normalized spacial score (nSPS) is 13.6. The van der Waals surface area contributed by atoms with Crippen molar-refractivity contribution in [2.45, 2.75) is 24.3 Å². The van der Waals surface area contributed by atoms with E-state index >= 15 is 0 Å². The van der Waals surface area contributed by atoms with E-state index in [1.54, 1.807) is 42.2 Å². The van der Waals surface area contributed by atoms with Crippen molar-refractivity contribution in [3.05, 3.63) is 52.5 Å². The van der Waals surface area contributed by atoms with Crippen LogP contribution in [0.4, 0.5) is 4.39 Å². The number of thiophene rings is 1. The lowest BCUT2D eigenvalue weighted by molar-refractivity contribution is 0.0677. The smallest absolute Gasteiger partial charge is 0.191 e.